The molecule has 0 unspecified atom stereocenters. The minimum atomic E-state index is -0.557. The average molecular weight is 178 g/mol. The summed E-state index contributed by atoms with van der Waals surface area (Å²) >= 11 is 0. The van der Waals surface area contributed by atoms with Crippen LogP contribution in [0.15, 0.2) is 24.3 Å². The summed E-state index contributed by atoms with van der Waals surface area (Å²) in [6.45, 7) is 3.75. The molecule has 2 heteroatoms. The first-order valence-electron chi connectivity index (χ1n) is 4.50. The maximum atomic E-state index is 9.92. The van der Waals surface area contributed by atoms with Gasteiger partial charge in [0.15, 0.2) is 0 Å². The molecule has 2 nitrogen and oxygen atoms in total. The second kappa shape index (κ2) is 2.56. The average Bonchev–Trinajstić information content (AvgIpc) is 2.30. The van der Waals surface area contributed by atoms with E-state index in [0.29, 0.717) is 0 Å². The topological polar surface area (TPSA) is 40.5 Å². The first-order valence-corrected chi connectivity index (χ1v) is 4.50. The third-order valence-corrected chi connectivity index (χ3v) is 2.99. The van der Waals surface area contributed by atoms with Gasteiger partial charge in [-0.3, -0.25) is 0 Å². The van der Waals surface area contributed by atoms with Crippen molar-refractivity contribution in [2.45, 2.75) is 26.1 Å². The number of hydrogen-bond acceptors (Lipinski definition) is 2. The molecule has 0 heterocycles. The Morgan fingerprint density at radius 1 is 1.00 bits per heavy atom. The predicted octanol–water partition coefficient (Wildman–Crippen LogP) is 1.79. The van der Waals surface area contributed by atoms with E-state index in [0.717, 1.165) is 11.1 Å². The fourth-order valence-corrected chi connectivity index (χ4v) is 1.96. The smallest absolute Gasteiger partial charge is 0.0872 e. The van der Waals surface area contributed by atoms with Crippen LogP contribution in [-0.4, -0.2) is 10.2 Å². The molecule has 70 valence electrons. The van der Waals surface area contributed by atoms with Crippen LogP contribution in [0.5, 0.6) is 0 Å². The highest BCUT2D eigenvalue weighted by Gasteiger charge is 2.45. The molecule has 0 saturated carbocycles. The normalized spacial score (nSPS) is 30.2. The van der Waals surface area contributed by atoms with Crippen molar-refractivity contribution >= 4 is 0 Å². The predicted molar refractivity (Wildman–Crippen MR) is 50.1 cm³/mol. The summed E-state index contributed by atoms with van der Waals surface area (Å²) in [5, 5.41) is 19.8. The van der Waals surface area contributed by atoms with Gasteiger partial charge in [0.1, 0.15) is 0 Å². The van der Waals surface area contributed by atoms with Crippen molar-refractivity contribution in [3.05, 3.63) is 35.4 Å². The van der Waals surface area contributed by atoms with E-state index >= 15 is 0 Å². The number of fused-ring (bicyclic) bond motifs is 1. The Morgan fingerprint density at radius 2 is 1.38 bits per heavy atom. The van der Waals surface area contributed by atoms with Crippen LogP contribution in [0.25, 0.3) is 0 Å². The molecule has 2 N–H and O–H groups in total. The monoisotopic (exact) mass is 178 g/mol. The van der Waals surface area contributed by atoms with Crippen LogP contribution in [0, 0.1) is 5.41 Å². The van der Waals surface area contributed by atoms with Crippen LogP contribution in [-0.2, 0) is 0 Å². The van der Waals surface area contributed by atoms with Gasteiger partial charge in [-0.2, -0.15) is 0 Å². The molecule has 0 spiro atoms. The fourth-order valence-electron chi connectivity index (χ4n) is 1.96. The highest BCUT2D eigenvalue weighted by atomic mass is 16.3. The SMILES string of the molecule is CC1(C)[C@H](O)c2ccccc2[C@@H]1O. The van der Waals surface area contributed by atoms with Crippen molar-refractivity contribution in [1.82, 2.24) is 0 Å². The first kappa shape index (κ1) is 8.73. The van der Waals surface area contributed by atoms with E-state index in [-0.39, 0.29) is 0 Å². The maximum Gasteiger partial charge on any atom is 0.0872 e. The van der Waals surface area contributed by atoms with Gasteiger partial charge in [-0.05, 0) is 11.1 Å². The lowest BCUT2D eigenvalue weighted by molar-refractivity contribution is -0.0276. The van der Waals surface area contributed by atoms with E-state index in [1.165, 1.54) is 0 Å². The molecule has 0 amide bonds. The number of benzene rings is 1. The molecule has 0 radical (unpaired) electrons. The second-order valence-electron chi connectivity index (χ2n) is 4.26. The quantitative estimate of drug-likeness (QED) is 0.636. The summed E-state index contributed by atoms with van der Waals surface area (Å²) in [6.07, 6.45) is -1.11. The van der Waals surface area contributed by atoms with E-state index < -0.39 is 17.6 Å². The molecular weight excluding hydrogens is 164 g/mol. The van der Waals surface area contributed by atoms with Gasteiger partial charge in [-0.1, -0.05) is 38.1 Å². The zero-order valence-corrected chi connectivity index (χ0v) is 7.86. The molecule has 0 fully saturated rings. The standard InChI is InChI=1S/C11H14O2/c1-11(2)9(12)7-5-3-4-6-8(7)10(11)13/h3-6,9-10,12-13H,1-2H3/t9-,10+. The summed E-state index contributed by atoms with van der Waals surface area (Å²) < 4.78 is 0. The Hall–Kier alpha value is -0.860. The van der Waals surface area contributed by atoms with Gasteiger partial charge in [0, 0.05) is 5.41 Å². The van der Waals surface area contributed by atoms with Gasteiger partial charge in [-0.15, -0.1) is 0 Å². The molecule has 1 aromatic rings. The van der Waals surface area contributed by atoms with Gasteiger partial charge < -0.3 is 10.2 Å². The van der Waals surface area contributed by atoms with E-state index in [1.807, 2.05) is 38.1 Å². The Labute approximate surface area is 77.8 Å². The Bertz CT molecular complexity index is 300. The Morgan fingerprint density at radius 3 is 1.77 bits per heavy atom. The first-order chi connectivity index (χ1) is 6.05. The van der Waals surface area contributed by atoms with E-state index in [4.69, 9.17) is 0 Å². The van der Waals surface area contributed by atoms with Crippen molar-refractivity contribution in [2.75, 3.05) is 0 Å². The molecule has 0 saturated heterocycles. The molecular formula is C11H14O2. The van der Waals surface area contributed by atoms with E-state index in [9.17, 15) is 10.2 Å². The zero-order valence-electron chi connectivity index (χ0n) is 7.86. The summed E-state index contributed by atoms with van der Waals surface area (Å²) in [7, 11) is 0. The number of hydrogen-bond donors (Lipinski definition) is 2. The van der Waals surface area contributed by atoms with Gasteiger partial charge in [0.25, 0.3) is 0 Å². The minimum absolute atomic E-state index is 0.469. The fraction of sp³-hybridized carbons (Fsp3) is 0.455. The van der Waals surface area contributed by atoms with Crippen LogP contribution in [0.2, 0.25) is 0 Å². The molecule has 2 atom stereocenters. The maximum absolute atomic E-state index is 9.92. The van der Waals surface area contributed by atoms with E-state index in [2.05, 4.69) is 0 Å². The van der Waals surface area contributed by atoms with Crippen LogP contribution in [0.3, 0.4) is 0 Å². The summed E-state index contributed by atoms with van der Waals surface area (Å²) in [6, 6.07) is 7.52. The summed E-state index contributed by atoms with van der Waals surface area (Å²) in [5.41, 5.74) is 1.25. The van der Waals surface area contributed by atoms with Crippen molar-refractivity contribution in [3.63, 3.8) is 0 Å². The molecule has 0 aromatic heterocycles. The number of aliphatic hydroxyl groups excluding tert-OH is 2. The summed E-state index contributed by atoms with van der Waals surface area (Å²) in [4.78, 5) is 0. The minimum Gasteiger partial charge on any atom is -0.388 e. The number of aliphatic hydroxyl groups is 2. The lowest BCUT2D eigenvalue weighted by atomic mass is 9.85. The highest BCUT2D eigenvalue weighted by molar-refractivity contribution is 5.38. The van der Waals surface area contributed by atoms with Gasteiger partial charge in [0.05, 0.1) is 12.2 Å². The molecule has 1 aromatic carbocycles. The molecule has 1 aliphatic rings. The van der Waals surface area contributed by atoms with Gasteiger partial charge in [-0.25, -0.2) is 0 Å². The summed E-state index contributed by atoms with van der Waals surface area (Å²) in [5.74, 6) is 0. The van der Waals surface area contributed by atoms with Crippen molar-refractivity contribution in [3.8, 4) is 0 Å². The zero-order chi connectivity index (χ0) is 9.64. The molecule has 13 heavy (non-hydrogen) atoms. The van der Waals surface area contributed by atoms with Crippen molar-refractivity contribution in [1.29, 1.82) is 0 Å². The lowest BCUT2D eigenvalue weighted by Gasteiger charge is -2.26. The lowest BCUT2D eigenvalue weighted by Crippen LogP contribution is -2.21. The molecule has 2 rings (SSSR count). The van der Waals surface area contributed by atoms with Crippen LogP contribution in [0.1, 0.15) is 37.2 Å². The molecule has 1 aliphatic carbocycles. The third kappa shape index (κ3) is 1.02. The Balaban J connectivity index is 2.57. The van der Waals surface area contributed by atoms with E-state index in [1.54, 1.807) is 0 Å². The van der Waals surface area contributed by atoms with Crippen LogP contribution in [0.4, 0.5) is 0 Å². The van der Waals surface area contributed by atoms with Gasteiger partial charge >= 0.3 is 0 Å². The molecule has 0 aliphatic heterocycles. The van der Waals surface area contributed by atoms with Crippen LogP contribution >= 0.6 is 0 Å². The largest absolute Gasteiger partial charge is 0.388 e. The Kier molecular flexibility index (Phi) is 1.72. The van der Waals surface area contributed by atoms with Crippen LogP contribution < -0.4 is 0 Å². The highest BCUT2D eigenvalue weighted by Crippen LogP contribution is 2.51. The number of rotatable bonds is 0. The third-order valence-electron chi connectivity index (χ3n) is 2.99. The second-order valence-corrected chi connectivity index (χ2v) is 4.26. The van der Waals surface area contributed by atoms with Crippen molar-refractivity contribution in [2.24, 2.45) is 5.41 Å². The van der Waals surface area contributed by atoms with Gasteiger partial charge in [0.2, 0.25) is 0 Å². The molecule has 0 bridgehead atoms. The van der Waals surface area contributed by atoms with Crippen molar-refractivity contribution < 1.29 is 10.2 Å².